The molecule has 0 atom stereocenters. The Labute approximate surface area is 92.1 Å². The first kappa shape index (κ1) is 10.6. The van der Waals surface area contributed by atoms with Crippen molar-refractivity contribution in [1.82, 2.24) is 0 Å². The van der Waals surface area contributed by atoms with Gasteiger partial charge in [0.2, 0.25) is 0 Å². The monoisotopic (exact) mass is 233 g/mol. The molecule has 0 aliphatic heterocycles. The fraction of sp³-hybridized carbons (Fsp3) is 0.111. The van der Waals surface area contributed by atoms with Gasteiger partial charge in [-0.2, -0.15) is 0 Å². The van der Waals surface area contributed by atoms with Gasteiger partial charge in [-0.1, -0.05) is 11.6 Å². The van der Waals surface area contributed by atoms with Crippen molar-refractivity contribution >= 4 is 51.1 Å². The summed E-state index contributed by atoms with van der Waals surface area (Å²) in [6, 6.07) is 5.95. The summed E-state index contributed by atoms with van der Waals surface area (Å²) >= 11 is 7.61. The van der Waals surface area contributed by atoms with Crippen LogP contribution in [0.3, 0.4) is 0 Å². The van der Waals surface area contributed by atoms with Gasteiger partial charge < -0.3 is 5.32 Å². The first-order chi connectivity index (χ1) is 5.81. The molecular formula is C9H9Cl2NS. The predicted octanol–water partition coefficient (Wildman–Crippen LogP) is 4.02. The minimum absolute atomic E-state index is 0. The molecule has 0 bridgehead atoms. The third kappa shape index (κ3) is 1.90. The van der Waals surface area contributed by atoms with Gasteiger partial charge in [-0.25, -0.2) is 0 Å². The van der Waals surface area contributed by atoms with E-state index in [1.807, 2.05) is 25.2 Å². The van der Waals surface area contributed by atoms with E-state index >= 15 is 0 Å². The molecule has 0 saturated carbocycles. The Balaban J connectivity index is 0.000000845. The summed E-state index contributed by atoms with van der Waals surface area (Å²) in [6.45, 7) is 0. The van der Waals surface area contributed by atoms with E-state index in [0.717, 1.165) is 10.7 Å². The van der Waals surface area contributed by atoms with Crippen LogP contribution < -0.4 is 5.32 Å². The van der Waals surface area contributed by atoms with Gasteiger partial charge in [0.25, 0.3) is 0 Å². The molecule has 1 aromatic carbocycles. The van der Waals surface area contributed by atoms with Gasteiger partial charge in [-0.05, 0) is 18.2 Å². The summed E-state index contributed by atoms with van der Waals surface area (Å²) in [4.78, 5) is 0. The summed E-state index contributed by atoms with van der Waals surface area (Å²) in [5.74, 6) is 0. The lowest BCUT2D eigenvalue weighted by molar-refractivity contribution is 1.58. The molecule has 4 heteroatoms. The van der Waals surface area contributed by atoms with Crippen LogP contribution in [0, 0.1) is 0 Å². The van der Waals surface area contributed by atoms with Gasteiger partial charge in [0.05, 0.1) is 5.69 Å². The number of fused-ring (bicyclic) bond motifs is 1. The minimum Gasteiger partial charge on any atom is -0.387 e. The van der Waals surface area contributed by atoms with E-state index in [9.17, 15) is 0 Å². The summed E-state index contributed by atoms with van der Waals surface area (Å²) in [7, 11) is 1.92. The minimum atomic E-state index is 0. The molecule has 0 radical (unpaired) electrons. The number of hydrogen-bond acceptors (Lipinski definition) is 2. The molecule has 2 rings (SSSR count). The number of rotatable bonds is 1. The molecule has 0 aliphatic rings. The van der Waals surface area contributed by atoms with Gasteiger partial charge in [0.1, 0.15) is 0 Å². The summed E-state index contributed by atoms with van der Waals surface area (Å²) in [6.07, 6.45) is 0. The zero-order valence-corrected chi connectivity index (χ0v) is 9.39. The zero-order chi connectivity index (χ0) is 8.55. The van der Waals surface area contributed by atoms with Gasteiger partial charge in [0.15, 0.2) is 0 Å². The van der Waals surface area contributed by atoms with E-state index in [0.29, 0.717) is 0 Å². The number of anilines is 1. The van der Waals surface area contributed by atoms with E-state index in [-0.39, 0.29) is 12.4 Å². The van der Waals surface area contributed by atoms with Crippen molar-refractivity contribution in [1.29, 1.82) is 0 Å². The van der Waals surface area contributed by atoms with Crippen molar-refractivity contribution in [2.24, 2.45) is 0 Å². The lowest BCUT2D eigenvalue weighted by Gasteiger charge is -1.96. The lowest BCUT2D eigenvalue weighted by Crippen LogP contribution is -1.84. The molecule has 0 saturated heterocycles. The molecule has 0 unspecified atom stereocenters. The quantitative estimate of drug-likeness (QED) is 0.785. The average molecular weight is 234 g/mol. The number of nitrogens with one attached hydrogen (secondary N) is 1. The number of benzene rings is 1. The molecule has 0 fully saturated rings. The molecule has 70 valence electrons. The van der Waals surface area contributed by atoms with E-state index in [1.165, 1.54) is 10.1 Å². The molecular weight excluding hydrogens is 225 g/mol. The third-order valence-corrected chi connectivity index (χ3v) is 3.00. The normalized spacial score (nSPS) is 9.69. The Hall–Kier alpha value is -0.440. The molecule has 2 aromatic rings. The summed E-state index contributed by atoms with van der Waals surface area (Å²) < 4.78 is 1.27. The second-order valence-corrected chi connectivity index (χ2v) is 3.89. The van der Waals surface area contributed by atoms with E-state index in [2.05, 4.69) is 10.7 Å². The highest BCUT2D eigenvalue weighted by atomic mass is 35.5. The fourth-order valence-electron chi connectivity index (χ4n) is 1.19. The Bertz CT molecular complexity index is 411. The molecule has 1 aromatic heterocycles. The number of halogens is 2. The van der Waals surface area contributed by atoms with Crippen LogP contribution in [-0.2, 0) is 0 Å². The van der Waals surface area contributed by atoms with E-state index < -0.39 is 0 Å². The maximum absolute atomic E-state index is 5.88. The fourth-order valence-corrected chi connectivity index (χ4v) is 2.30. The molecule has 0 spiro atoms. The smallest absolute Gasteiger partial charge is 0.0526 e. The highest BCUT2D eigenvalue weighted by Crippen LogP contribution is 2.31. The molecule has 1 nitrogen and oxygen atoms in total. The SMILES string of the molecule is CNc1csc2ccc(Cl)cc12.Cl. The molecule has 0 aliphatic carbocycles. The van der Waals surface area contributed by atoms with Crippen molar-refractivity contribution in [3.63, 3.8) is 0 Å². The van der Waals surface area contributed by atoms with Crippen molar-refractivity contribution in [3.8, 4) is 0 Å². The third-order valence-electron chi connectivity index (χ3n) is 1.80. The predicted molar refractivity (Wildman–Crippen MR) is 63.6 cm³/mol. The van der Waals surface area contributed by atoms with Crippen molar-refractivity contribution in [2.75, 3.05) is 12.4 Å². The second kappa shape index (κ2) is 4.18. The highest BCUT2D eigenvalue weighted by molar-refractivity contribution is 7.17. The van der Waals surface area contributed by atoms with Gasteiger partial charge in [-0.3, -0.25) is 0 Å². The Morgan fingerprint density at radius 1 is 1.38 bits per heavy atom. The van der Waals surface area contributed by atoms with E-state index in [4.69, 9.17) is 11.6 Å². The van der Waals surface area contributed by atoms with Crippen LogP contribution in [0.1, 0.15) is 0 Å². The topological polar surface area (TPSA) is 12.0 Å². The van der Waals surface area contributed by atoms with Gasteiger partial charge in [-0.15, -0.1) is 23.7 Å². The van der Waals surface area contributed by atoms with Crippen LogP contribution >= 0.6 is 35.3 Å². The molecule has 1 heterocycles. The largest absolute Gasteiger partial charge is 0.387 e. The zero-order valence-electron chi connectivity index (χ0n) is 7.00. The van der Waals surface area contributed by atoms with E-state index in [1.54, 1.807) is 11.3 Å². The maximum atomic E-state index is 5.88. The van der Waals surface area contributed by atoms with Crippen LogP contribution in [0.2, 0.25) is 5.02 Å². The summed E-state index contributed by atoms with van der Waals surface area (Å²) in [5.41, 5.74) is 1.15. The van der Waals surface area contributed by atoms with Crippen molar-refractivity contribution < 1.29 is 0 Å². The maximum Gasteiger partial charge on any atom is 0.0526 e. The summed E-state index contributed by atoms with van der Waals surface area (Å²) in [5, 5.41) is 7.22. The number of thiophene rings is 1. The Kier molecular flexibility index (Phi) is 3.42. The average Bonchev–Trinajstić information content (AvgIpc) is 2.46. The molecule has 0 amide bonds. The molecule has 1 N–H and O–H groups in total. The Morgan fingerprint density at radius 3 is 2.85 bits per heavy atom. The van der Waals surface area contributed by atoms with Crippen LogP contribution in [0.5, 0.6) is 0 Å². The Morgan fingerprint density at radius 2 is 2.15 bits per heavy atom. The van der Waals surface area contributed by atoms with Gasteiger partial charge >= 0.3 is 0 Å². The lowest BCUT2D eigenvalue weighted by atomic mass is 10.2. The van der Waals surface area contributed by atoms with Crippen LogP contribution in [0.25, 0.3) is 10.1 Å². The first-order valence-corrected chi connectivity index (χ1v) is 4.91. The number of hydrogen-bond donors (Lipinski definition) is 1. The molecule has 13 heavy (non-hydrogen) atoms. The highest BCUT2D eigenvalue weighted by Gasteiger charge is 2.01. The standard InChI is InChI=1S/C9H8ClNS.ClH/c1-11-8-5-12-9-3-2-6(10)4-7(8)9;/h2-5,11H,1H3;1H. The van der Waals surface area contributed by atoms with Crippen LogP contribution in [0.15, 0.2) is 23.6 Å². The first-order valence-electron chi connectivity index (χ1n) is 3.66. The van der Waals surface area contributed by atoms with Crippen molar-refractivity contribution in [3.05, 3.63) is 28.6 Å². The van der Waals surface area contributed by atoms with Crippen molar-refractivity contribution in [2.45, 2.75) is 0 Å². The van der Waals surface area contributed by atoms with Gasteiger partial charge in [0, 0.05) is 27.5 Å². The van der Waals surface area contributed by atoms with Crippen LogP contribution in [0.4, 0.5) is 5.69 Å². The second-order valence-electron chi connectivity index (χ2n) is 2.54. The van der Waals surface area contributed by atoms with Crippen LogP contribution in [-0.4, -0.2) is 7.05 Å².